The Morgan fingerprint density at radius 2 is 2.06 bits per heavy atom. The van der Waals surface area contributed by atoms with E-state index in [1.54, 1.807) is 6.07 Å². The van der Waals surface area contributed by atoms with Gasteiger partial charge < -0.3 is 5.32 Å². The van der Waals surface area contributed by atoms with Crippen LogP contribution in [0.5, 0.6) is 0 Å². The number of aromatic amines is 1. The molecule has 0 spiro atoms. The van der Waals surface area contributed by atoms with Gasteiger partial charge in [-0.15, -0.1) is 0 Å². The summed E-state index contributed by atoms with van der Waals surface area (Å²) < 4.78 is 0. The lowest BCUT2D eigenvalue weighted by molar-refractivity contribution is 0.102. The van der Waals surface area contributed by atoms with E-state index in [9.17, 15) is 4.79 Å². The van der Waals surface area contributed by atoms with Crippen molar-refractivity contribution in [3.63, 3.8) is 0 Å². The van der Waals surface area contributed by atoms with Crippen molar-refractivity contribution in [2.45, 2.75) is 26.7 Å². The molecule has 1 aromatic carbocycles. The summed E-state index contributed by atoms with van der Waals surface area (Å²) in [5, 5.41) is 9.76. The molecule has 18 heavy (non-hydrogen) atoms. The van der Waals surface area contributed by atoms with Crippen LogP contribution in [0.15, 0.2) is 30.3 Å². The Kier molecular flexibility index (Phi) is 3.46. The van der Waals surface area contributed by atoms with Gasteiger partial charge in [-0.3, -0.25) is 9.89 Å². The molecule has 1 aromatic heterocycles. The van der Waals surface area contributed by atoms with Crippen molar-refractivity contribution in [1.82, 2.24) is 10.2 Å². The summed E-state index contributed by atoms with van der Waals surface area (Å²) in [6.45, 7) is 6.06. The van der Waals surface area contributed by atoms with Gasteiger partial charge in [0.15, 0.2) is 5.69 Å². The molecule has 4 nitrogen and oxygen atoms in total. The summed E-state index contributed by atoms with van der Waals surface area (Å²) in [6.07, 6.45) is 0. The Balaban J connectivity index is 2.15. The molecule has 0 aliphatic heterocycles. The minimum absolute atomic E-state index is 0.188. The minimum Gasteiger partial charge on any atom is -0.320 e. The maximum Gasteiger partial charge on any atom is 0.276 e. The van der Waals surface area contributed by atoms with Crippen molar-refractivity contribution < 1.29 is 4.79 Å². The van der Waals surface area contributed by atoms with Crippen molar-refractivity contribution in [3.8, 4) is 0 Å². The molecule has 2 rings (SSSR count). The van der Waals surface area contributed by atoms with Crippen molar-refractivity contribution >= 4 is 11.6 Å². The van der Waals surface area contributed by atoms with Gasteiger partial charge in [-0.25, -0.2) is 0 Å². The number of nitrogens with one attached hydrogen (secondary N) is 2. The smallest absolute Gasteiger partial charge is 0.276 e. The summed E-state index contributed by atoms with van der Waals surface area (Å²) >= 11 is 0. The number of rotatable bonds is 3. The van der Waals surface area contributed by atoms with E-state index in [1.165, 1.54) is 0 Å². The lowest BCUT2D eigenvalue weighted by Gasteiger charge is -2.05. The van der Waals surface area contributed by atoms with Crippen LogP contribution in [0.4, 0.5) is 5.69 Å². The molecule has 2 aromatic rings. The number of nitrogens with zero attached hydrogens (tertiary/aromatic N) is 1. The highest BCUT2D eigenvalue weighted by atomic mass is 16.1. The van der Waals surface area contributed by atoms with Crippen LogP contribution in [0.25, 0.3) is 0 Å². The quantitative estimate of drug-likeness (QED) is 0.870. The number of anilines is 1. The highest BCUT2D eigenvalue weighted by Crippen LogP contribution is 2.16. The number of carbonyl (C=O) groups excluding carboxylic acids is 1. The lowest BCUT2D eigenvalue weighted by atomic mass is 10.1. The minimum atomic E-state index is -0.188. The van der Waals surface area contributed by atoms with Crippen LogP contribution in [0, 0.1) is 6.92 Å². The average molecular weight is 243 g/mol. The zero-order valence-corrected chi connectivity index (χ0v) is 10.8. The van der Waals surface area contributed by atoms with Crippen molar-refractivity contribution in [3.05, 3.63) is 47.3 Å². The Morgan fingerprint density at radius 1 is 1.33 bits per heavy atom. The van der Waals surface area contributed by atoms with Gasteiger partial charge >= 0.3 is 0 Å². The number of aromatic nitrogens is 2. The maximum absolute atomic E-state index is 12.0. The standard InChI is InChI=1S/C14H17N3O/c1-9(2)12-8-13(17-16-12)14(18)15-11-7-5-4-6-10(11)3/h4-9H,1-3H3,(H,15,18)(H,16,17). The molecule has 94 valence electrons. The molecule has 0 bridgehead atoms. The Labute approximate surface area is 106 Å². The van der Waals surface area contributed by atoms with Crippen LogP contribution < -0.4 is 5.32 Å². The van der Waals surface area contributed by atoms with Crippen LogP contribution in [-0.2, 0) is 0 Å². The predicted molar refractivity (Wildman–Crippen MR) is 71.8 cm³/mol. The normalized spacial score (nSPS) is 10.7. The van der Waals surface area contributed by atoms with Crippen LogP contribution in [0.2, 0.25) is 0 Å². The monoisotopic (exact) mass is 243 g/mol. The van der Waals surface area contributed by atoms with Crippen molar-refractivity contribution in [2.75, 3.05) is 5.32 Å². The van der Waals surface area contributed by atoms with Gasteiger partial charge in [0.2, 0.25) is 0 Å². The molecule has 2 N–H and O–H groups in total. The van der Waals surface area contributed by atoms with Gasteiger partial charge in [0.25, 0.3) is 5.91 Å². The average Bonchev–Trinajstić information content (AvgIpc) is 2.81. The first-order chi connectivity index (χ1) is 8.58. The number of benzene rings is 1. The largest absolute Gasteiger partial charge is 0.320 e. The molecule has 1 heterocycles. The molecule has 0 saturated carbocycles. The number of hydrogen-bond acceptors (Lipinski definition) is 2. The topological polar surface area (TPSA) is 57.8 Å². The summed E-state index contributed by atoms with van der Waals surface area (Å²) in [5.74, 6) is 0.143. The summed E-state index contributed by atoms with van der Waals surface area (Å²) in [4.78, 5) is 12.0. The number of aryl methyl sites for hydroxylation is 1. The van der Waals surface area contributed by atoms with Gasteiger partial charge in [0.05, 0.1) is 0 Å². The van der Waals surface area contributed by atoms with Crippen LogP contribution >= 0.6 is 0 Å². The molecule has 0 aliphatic carbocycles. The summed E-state index contributed by atoms with van der Waals surface area (Å²) in [6, 6.07) is 9.46. The van der Waals surface area contributed by atoms with Gasteiger partial charge in [-0.2, -0.15) is 5.10 Å². The fourth-order valence-corrected chi connectivity index (χ4v) is 1.65. The highest BCUT2D eigenvalue weighted by molar-refractivity contribution is 6.03. The van der Waals surface area contributed by atoms with E-state index < -0.39 is 0 Å². The van der Waals surface area contributed by atoms with E-state index in [0.29, 0.717) is 11.6 Å². The van der Waals surface area contributed by atoms with Gasteiger partial charge in [0.1, 0.15) is 0 Å². The first kappa shape index (κ1) is 12.4. The summed E-state index contributed by atoms with van der Waals surface area (Å²) in [7, 11) is 0. The van der Waals surface area contributed by atoms with Crippen molar-refractivity contribution in [2.24, 2.45) is 0 Å². The van der Waals surface area contributed by atoms with Gasteiger partial charge in [-0.1, -0.05) is 32.0 Å². The fourth-order valence-electron chi connectivity index (χ4n) is 1.65. The zero-order valence-electron chi connectivity index (χ0n) is 10.8. The maximum atomic E-state index is 12.0. The van der Waals surface area contributed by atoms with E-state index in [1.807, 2.05) is 31.2 Å². The Hall–Kier alpha value is -2.10. The molecule has 0 fully saturated rings. The summed E-state index contributed by atoms with van der Waals surface area (Å²) in [5.41, 5.74) is 3.23. The fraction of sp³-hybridized carbons (Fsp3) is 0.286. The molecule has 0 saturated heterocycles. The lowest BCUT2D eigenvalue weighted by Crippen LogP contribution is -2.13. The van der Waals surface area contributed by atoms with E-state index in [2.05, 4.69) is 29.4 Å². The number of H-pyrrole nitrogens is 1. The second-order valence-electron chi connectivity index (χ2n) is 4.63. The van der Waals surface area contributed by atoms with E-state index >= 15 is 0 Å². The molecule has 0 aliphatic rings. The van der Waals surface area contributed by atoms with Crippen LogP contribution in [-0.4, -0.2) is 16.1 Å². The molecule has 1 amide bonds. The molecule has 4 heteroatoms. The first-order valence-electron chi connectivity index (χ1n) is 6.00. The predicted octanol–water partition coefficient (Wildman–Crippen LogP) is 3.09. The third-order valence-electron chi connectivity index (χ3n) is 2.85. The molecule has 0 unspecified atom stereocenters. The third-order valence-corrected chi connectivity index (χ3v) is 2.85. The third kappa shape index (κ3) is 2.59. The van der Waals surface area contributed by atoms with Crippen molar-refractivity contribution in [1.29, 1.82) is 0 Å². The van der Waals surface area contributed by atoms with E-state index in [0.717, 1.165) is 16.9 Å². The molecular formula is C14H17N3O. The zero-order chi connectivity index (χ0) is 13.1. The molecule has 0 atom stereocenters. The first-order valence-corrected chi connectivity index (χ1v) is 6.00. The Bertz CT molecular complexity index is 558. The van der Waals surface area contributed by atoms with Crippen LogP contribution in [0.1, 0.15) is 41.5 Å². The van der Waals surface area contributed by atoms with E-state index in [4.69, 9.17) is 0 Å². The number of para-hydroxylation sites is 1. The number of hydrogen-bond donors (Lipinski definition) is 2. The number of amides is 1. The second-order valence-corrected chi connectivity index (χ2v) is 4.63. The molecular weight excluding hydrogens is 226 g/mol. The van der Waals surface area contributed by atoms with Gasteiger partial charge in [-0.05, 0) is 30.5 Å². The second kappa shape index (κ2) is 5.04. The Morgan fingerprint density at radius 3 is 2.67 bits per heavy atom. The number of carbonyl (C=O) groups is 1. The van der Waals surface area contributed by atoms with Gasteiger partial charge in [0, 0.05) is 11.4 Å². The van der Waals surface area contributed by atoms with Crippen LogP contribution in [0.3, 0.4) is 0 Å². The highest BCUT2D eigenvalue weighted by Gasteiger charge is 2.12. The molecule has 0 radical (unpaired) electrons. The SMILES string of the molecule is Cc1ccccc1NC(=O)c1cc(C(C)C)[nH]n1. The van der Waals surface area contributed by atoms with E-state index in [-0.39, 0.29) is 5.91 Å².